The highest BCUT2D eigenvalue weighted by molar-refractivity contribution is 6.30. The van der Waals surface area contributed by atoms with E-state index in [1.807, 2.05) is 0 Å². The van der Waals surface area contributed by atoms with E-state index in [0.29, 0.717) is 17.3 Å². The highest BCUT2D eigenvalue weighted by Crippen LogP contribution is 2.20. The van der Waals surface area contributed by atoms with Gasteiger partial charge in [-0.1, -0.05) is 23.7 Å². The summed E-state index contributed by atoms with van der Waals surface area (Å²) >= 11 is 5.86. The number of halogens is 1. The Labute approximate surface area is 116 Å². The third kappa shape index (κ3) is 4.30. The van der Waals surface area contributed by atoms with Crippen LogP contribution in [0.4, 0.5) is 10.5 Å². The van der Waals surface area contributed by atoms with Crippen LogP contribution in [0.15, 0.2) is 36.9 Å². The van der Waals surface area contributed by atoms with Gasteiger partial charge >= 0.3 is 12.0 Å². The Morgan fingerprint density at radius 2 is 2.16 bits per heavy atom. The number of hydrogen-bond donors (Lipinski definition) is 1. The van der Waals surface area contributed by atoms with Gasteiger partial charge in [0.15, 0.2) is 0 Å². The minimum Gasteiger partial charge on any atom is -0.480 e. The number of hydrogen-bond acceptors (Lipinski definition) is 2. The van der Waals surface area contributed by atoms with Crippen LogP contribution in [0, 0.1) is 0 Å². The van der Waals surface area contributed by atoms with E-state index in [9.17, 15) is 9.59 Å². The predicted molar refractivity (Wildman–Crippen MR) is 74.7 cm³/mol. The topological polar surface area (TPSA) is 60.9 Å². The van der Waals surface area contributed by atoms with Crippen molar-refractivity contribution in [2.24, 2.45) is 0 Å². The van der Waals surface area contributed by atoms with Gasteiger partial charge in [-0.15, -0.1) is 6.58 Å². The smallest absolute Gasteiger partial charge is 0.325 e. The van der Waals surface area contributed by atoms with Crippen molar-refractivity contribution in [1.82, 2.24) is 4.90 Å². The minimum absolute atomic E-state index is 0.329. The van der Waals surface area contributed by atoms with Crippen LogP contribution < -0.4 is 4.90 Å². The molecule has 1 aromatic carbocycles. The van der Waals surface area contributed by atoms with Crippen molar-refractivity contribution in [3.63, 3.8) is 0 Å². The third-order valence-electron chi connectivity index (χ3n) is 2.37. The molecule has 2 amide bonds. The molecule has 0 atom stereocenters. The molecule has 1 N–H and O–H groups in total. The molecule has 0 heterocycles. The zero-order valence-corrected chi connectivity index (χ0v) is 11.3. The molecule has 1 aromatic rings. The highest BCUT2D eigenvalue weighted by atomic mass is 35.5. The van der Waals surface area contributed by atoms with E-state index in [0.717, 1.165) is 4.90 Å². The van der Waals surface area contributed by atoms with Gasteiger partial charge in [-0.25, -0.2) is 4.79 Å². The fourth-order valence-corrected chi connectivity index (χ4v) is 1.71. The molecule has 0 saturated heterocycles. The quantitative estimate of drug-likeness (QED) is 0.844. The van der Waals surface area contributed by atoms with E-state index in [-0.39, 0.29) is 0 Å². The minimum atomic E-state index is -1.10. The number of amides is 2. The van der Waals surface area contributed by atoms with Gasteiger partial charge in [0.1, 0.15) is 6.54 Å². The number of carboxylic acid groups (broad SMARTS) is 1. The number of rotatable bonds is 5. The van der Waals surface area contributed by atoms with Gasteiger partial charge in [-0.2, -0.15) is 0 Å². The fraction of sp³-hybridized carbons (Fsp3) is 0.231. The van der Waals surface area contributed by atoms with Crippen LogP contribution in [0.1, 0.15) is 0 Å². The van der Waals surface area contributed by atoms with Gasteiger partial charge in [0.25, 0.3) is 0 Å². The van der Waals surface area contributed by atoms with Crippen molar-refractivity contribution in [3.8, 4) is 0 Å². The number of carbonyl (C=O) groups excluding carboxylic acids is 1. The van der Waals surface area contributed by atoms with E-state index in [2.05, 4.69) is 6.58 Å². The Balaban J connectivity index is 3.04. The van der Waals surface area contributed by atoms with Crippen LogP contribution in [0.5, 0.6) is 0 Å². The third-order valence-corrected chi connectivity index (χ3v) is 2.61. The molecule has 0 aliphatic rings. The van der Waals surface area contributed by atoms with Crippen LogP contribution in [-0.4, -0.2) is 42.1 Å². The second kappa shape index (κ2) is 6.80. The number of carbonyl (C=O) groups is 2. The molecular formula is C13H15ClN2O3. The number of nitrogens with zero attached hydrogens (tertiary/aromatic N) is 2. The molecule has 102 valence electrons. The van der Waals surface area contributed by atoms with Gasteiger partial charge in [-0.3, -0.25) is 9.69 Å². The number of anilines is 1. The van der Waals surface area contributed by atoms with Gasteiger partial charge in [-0.05, 0) is 18.2 Å². The number of carboxylic acids is 1. The Hall–Kier alpha value is -2.01. The van der Waals surface area contributed by atoms with Crippen molar-refractivity contribution < 1.29 is 14.7 Å². The average molecular weight is 283 g/mol. The molecule has 0 radical (unpaired) electrons. The van der Waals surface area contributed by atoms with Gasteiger partial charge < -0.3 is 10.0 Å². The van der Waals surface area contributed by atoms with E-state index in [1.54, 1.807) is 37.4 Å². The second-order valence-electron chi connectivity index (χ2n) is 3.91. The molecule has 0 aliphatic carbocycles. The molecule has 0 aromatic heterocycles. The molecule has 0 unspecified atom stereocenters. The first-order valence-electron chi connectivity index (χ1n) is 5.56. The number of urea groups is 1. The Morgan fingerprint density at radius 1 is 1.47 bits per heavy atom. The van der Waals surface area contributed by atoms with Crippen molar-refractivity contribution in [2.45, 2.75) is 0 Å². The second-order valence-corrected chi connectivity index (χ2v) is 4.35. The summed E-state index contributed by atoms with van der Waals surface area (Å²) < 4.78 is 0. The summed E-state index contributed by atoms with van der Waals surface area (Å²) in [4.78, 5) is 25.6. The summed E-state index contributed by atoms with van der Waals surface area (Å²) in [7, 11) is 1.57. The number of likely N-dealkylation sites (N-methyl/N-ethyl adjacent to an activating group) is 1. The molecule has 0 bridgehead atoms. The van der Waals surface area contributed by atoms with Crippen LogP contribution in [0.25, 0.3) is 0 Å². The Bertz CT molecular complexity index is 491. The monoisotopic (exact) mass is 282 g/mol. The first-order valence-corrected chi connectivity index (χ1v) is 5.94. The lowest BCUT2D eigenvalue weighted by Gasteiger charge is -2.26. The number of aliphatic carboxylic acids is 1. The normalized spacial score (nSPS) is 9.79. The summed E-state index contributed by atoms with van der Waals surface area (Å²) in [5.41, 5.74) is 0.441. The summed E-state index contributed by atoms with van der Waals surface area (Å²) in [5, 5.41) is 9.35. The summed E-state index contributed by atoms with van der Waals surface area (Å²) in [6, 6.07) is 6.07. The van der Waals surface area contributed by atoms with Crippen molar-refractivity contribution >= 4 is 29.3 Å². The van der Waals surface area contributed by atoms with Crippen molar-refractivity contribution in [1.29, 1.82) is 0 Å². The molecule has 0 spiro atoms. The SMILES string of the molecule is C=CCN(C)C(=O)N(CC(=O)O)c1cccc(Cl)c1. The zero-order valence-electron chi connectivity index (χ0n) is 10.5. The molecule has 6 heteroatoms. The maximum absolute atomic E-state index is 12.2. The van der Waals surface area contributed by atoms with Crippen molar-refractivity contribution in [2.75, 3.05) is 25.0 Å². The van der Waals surface area contributed by atoms with Crippen LogP contribution in [0.3, 0.4) is 0 Å². The molecular weight excluding hydrogens is 268 g/mol. The van der Waals surface area contributed by atoms with Gasteiger partial charge in [0.05, 0.1) is 0 Å². The summed E-state index contributed by atoms with van der Waals surface area (Å²) in [6.45, 7) is 3.44. The first-order chi connectivity index (χ1) is 8.95. The molecule has 19 heavy (non-hydrogen) atoms. The molecule has 5 nitrogen and oxygen atoms in total. The van der Waals surface area contributed by atoms with Crippen LogP contribution in [0.2, 0.25) is 5.02 Å². The predicted octanol–water partition coefficient (Wildman–Crippen LogP) is 2.47. The van der Waals surface area contributed by atoms with E-state index >= 15 is 0 Å². The first kappa shape index (κ1) is 15.0. The Kier molecular flexibility index (Phi) is 5.38. The lowest BCUT2D eigenvalue weighted by molar-refractivity contribution is -0.135. The highest BCUT2D eigenvalue weighted by Gasteiger charge is 2.21. The maximum atomic E-state index is 12.2. The maximum Gasteiger partial charge on any atom is 0.325 e. The summed E-state index contributed by atoms with van der Waals surface area (Å²) in [5.74, 6) is -1.10. The Morgan fingerprint density at radius 3 is 2.68 bits per heavy atom. The van der Waals surface area contributed by atoms with E-state index < -0.39 is 18.5 Å². The van der Waals surface area contributed by atoms with E-state index in [1.165, 1.54) is 4.90 Å². The fourth-order valence-electron chi connectivity index (χ4n) is 1.53. The molecule has 0 fully saturated rings. The van der Waals surface area contributed by atoms with Crippen molar-refractivity contribution in [3.05, 3.63) is 41.9 Å². The molecule has 0 saturated carbocycles. The zero-order chi connectivity index (χ0) is 14.4. The average Bonchev–Trinajstić information content (AvgIpc) is 2.35. The van der Waals surface area contributed by atoms with Crippen LogP contribution >= 0.6 is 11.6 Å². The van der Waals surface area contributed by atoms with E-state index in [4.69, 9.17) is 16.7 Å². The van der Waals surface area contributed by atoms with Gasteiger partial charge in [0, 0.05) is 24.3 Å². The lowest BCUT2D eigenvalue weighted by Crippen LogP contribution is -2.44. The largest absolute Gasteiger partial charge is 0.480 e. The molecule has 0 aliphatic heterocycles. The van der Waals surface area contributed by atoms with Crippen LogP contribution in [-0.2, 0) is 4.79 Å². The standard InChI is InChI=1S/C13H15ClN2O3/c1-3-7-15(2)13(19)16(9-12(17)18)11-6-4-5-10(14)8-11/h3-6,8H,1,7,9H2,2H3,(H,17,18). The van der Waals surface area contributed by atoms with Gasteiger partial charge in [0.2, 0.25) is 0 Å². The number of benzene rings is 1. The molecule has 1 rings (SSSR count). The summed E-state index contributed by atoms with van der Waals surface area (Å²) in [6.07, 6.45) is 1.56. The lowest BCUT2D eigenvalue weighted by atomic mass is 10.3.